The van der Waals surface area contributed by atoms with Gasteiger partial charge in [0.05, 0.1) is 29.6 Å². The van der Waals surface area contributed by atoms with E-state index in [4.69, 9.17) is 0 Å². The number of amides is 1. The zero-order valence-corrected chi connectivity index (χ0v) is 18.9. The highest BCUT2D eigenvalue weighted by atomic mass is 32.2. The minimum absolute atomic E-state index is 0.173. The summed E-state index contributed by atoms with van der Waals surface area (Å²) in [6, 6.07) is 19.3. The van der Waals surface area contributed by atoms with E-state index in [1.807, 2.05) is 25.1 Å². The molecule has 0 aliphatic carbocycles. The molecule has 1 atom stereocenters. The first kappa shape index (κ1) is 22.1. The second-order valence-corrected chi connectivity index (χ2v) is 9.17. The number of nitrogens with zero attached hydrogens (tertiary/aromatic N) is 5. The zero-order valence-electron chi connectivity index (χ0n) is 18.1. The van der Waals surface area contributed by atoms with Crippen molar-refractivity contribution < 1.29 is 4.79 Å². The van der Waals surface area contributed by atoms with Crippen LogP contribution in [-0.2, 0) is 17.9 Å². The summed E-state index contributed by atoms with van der Waals surface area (Å²) in [5.41, 5.74) is 2.13. The Bertz CT molecular complexity index is 1100. The van der Waals surface area contributed by atoms with Crippen LogP contribution in [-0.4, -0.2) is 43.9 Å². The average molecular weight is 447 g/mol. The van der Waals surface area contributed by atoms with Crippen molar-refractivity contribution in [2.24, 2.45) is 0 Å². The normalized spacial score (nSPS) is 14.8. The van der Waals surface area contributed by atoms with Gasteiger partial charge in [-0.15, -0.1) is 10.2 Å². The lowest BCUT2D eigenvalue weighted by atomic mass is 10.2. The number of aromatic nitrogens is 3. The fraction of sp³-hybridized carbons (Fsp3) is 0.333. The van der Waals surface area contributed by atoms with Gasteiger partial charge in [-0.25, -0.2) is 0 Å². The zero-order chi connectivity index (χ0) is 22.3. The predicted molar refractivity (Wildman–Crippen MR) is 125 cm³/mol. The third-order valence-electron chi connectivity index (χ3n) is 5.50. The molecule has 7 nitrogen and oxygen atoms in total. The SMILES string of the molecule is CC(Sc1nnc(CN2CCCC2)n1Cc1ccccc1)C(=O)Nc1ccccc1C#N. The molecule has 1 aromatic heterocycles. The minimum atomic E-state index is -0.403. The van der Waals surface area contributed by atoms with Gasteiger partial charge < -0.3 is 9.88 Å². The van der Waals surface area contributed by atoms with Crippen molar-refractivity contribution in [3.8, 4) is 6.07 Å². The van der Waals surface area contributed by atoms with Crippen molar-refractivity contribution in [3.63, 3.8) is 0 Å². The number of carbonyl (C=O) groups excluding carboxylic acids is 1. The number of thioether (sulfide) groups is 1. The first-order valence-corrected chi connectivity index (χ1v) is 11.7. The van der Waals surface area contributed by atoms with Crippen LogP contribution in [0.4, 0.5) is 5.69 Å². The van der Waals surface area contributed by atoms with Crippen LogP contribution in [0, 0.1) is 11.3 Å². The van der Waals surface area contributed by atoms with Crippen LogP contribution in [0.5, 0.6) is 0 Å². The van der Waals surface area contributed by atoms with E-state index in [0.29, 0.717) is 17.8 Å². The quantitative estimate of drug-likeness (QED) is 0.528. The van der Waals surface area contributed by atoms with Gasteiger partial charge in [0.2, 0.25) is 5.91 Å². The highest BCUT2D eigenvalue weighted by molar-refractivity contribution is 8.00. The van der Waals surface area contributed by atoms with E-state index < -0.39 is 5.25 Å². The molecule has 1 N–H and O–H groups in total. The maximum Gasteiger partial charge on any atom is 0.237 e. The second kappa shape index (κ2) is 10.4. The van der Waals surface area contributed by atoms with Gasteiger partial charge in [-0.05, 0) is 50.6 Å². The summed E-state index contributed by atoms with van der Waals surface area (Å²) in [5.74, 6) is 0.744. The van der Waals surface area contributed by atoms with Gasteiger partial charge in [-0.1, -0.05) is 54.2 Å². The molecular formula is C24H26N6OS. The summed E-state index contributed by atoms with van der Waals surface area (Å²) in [4.78, 5) is 15.2. The molecule has 1 amide bonds. The average Bonchev–Trinajstić information content (AvgIpc) is 3.46. The molecule has 3 aromatic rings. The van der Waals surface area contributed by atoms with E-state index in [1.54, 1.807) is 24.3 Å². The lowest BCUT2D eigenvalue weighted by molar-refractivity contribution is -0.115. The Labute approximate surface area is 192 Å². The van der Waals surface area contributed by atoms with Crippen LogP contribution in [0.1, 0.15) is 36.7 Å². The first-order valence-electron chi connectivity index (χ1n) is 10.8. The highest BCUT2D eigenvalue weighted by Gasteiger charge is 2.23. The van der Waals surface area contributed by atoms with Gasteiger partial charge >= 0.3 is 0 Å². The van der Waals surface area contributed by atoms with Crippen LogP contribution in [0.15, 0.2) is 59.8 Å². The van der Waals surface area contributed by atoms with Crippen LogP contribution in [0.2, 0.25) is 0 Å². The largest absolute Gasteiger partial charge is 0.324 e. The van der Waals surface area contributed by atoms with Crippen molar-refractivity contribution in [1.82, 2.24) is 19.7 Å². The molecular weight excluding hydrogens is 420 g/mol. The number of rotatable bonds is 8. The van der Waals surface area contributed by atoms with Gasteiger partial charge in [-0.3, -0.25) is 9.69 Å². The summed E-state index contributed by atoms with van der Waals surface area (Å²) in [6.07, 6.45) is 2.44. The van der Waals surface area contributed by atoms with Crippen LogP contribution < -0.4 is 5.32 Å². The molecule has 1 aliphatic heterocycles. The van der Waals surface area contributed by atoms with Gasteiger partial charge in [0.1, 0.15) is 11.9 Å². The maximum absolute atomic E-state index is 12.8. The number of likely N-dealkylation sites (tertiary alicyclic amines) is 1. The molecule has 32 heavy (non-hydrogen) atoms. The minimum Gasteiger partial charge on any atom is -0.324 e. The third kappa shape index (κ3) is 5.36. The monoisotopic (exact) mass is 446 g/mol. The van der Waals surface area contributed by atoms with E-state index in [0.717, 1.165) is 36.2 Å². The molecule has 2 aromatic carbocycles. The Kier molecular flexibility index (Phi) is 7.20. The van der Waals surface area contributed by atoms with Crippen molar-refractivity contribution in [1.29, 1.82) is 5.26 Å². The number of hydrogen-bond donors (Lipinski definition) is 1. The van der Waals surface area contributed by atoms with Crippen molar-refractivity contribution in [3.05, 3.63) is 71.5 Å². The number of hydrogen-bond acceptors (Lipinski definition) is 6. The molecule has 0 radical (unpaired) electrons. The van der Waals surface area contributed by atoms with Gasteiger partial charge in [0, 0.05) is 0 Å². The van der Waals surface area contributed by atoms with Crippen molar-refractivity contribution in [2.45, 2.75) is 43.3 Å². The molecule has 1 unspecified atom stereocenters. The fourth-order valence-electron chi connectivity index (χ4n) is 3.72. The lowest BCUT2D eigenvalue weighted by Crippen LogP contribution is -2.24. The smallest absolute Gasteiger partial charge is 0.237 e. The number of benzene rings is 2. The fourth-order valence-corrected chi connectivity index (χ4v) is 4.59. The lowest BCUT2D eigenvalue weighted by Gasteiger charge is -2.17. The van der Waals surface area contributed by atoms with E-state index in [1.165, 1.54) is 24.6 Å². The van der Waals surface area contributed by atoms with Crippen molar-refractivity contribution in [2.75, 3.05) is 18.4 Å². The number of nitrogens with one attached hydrogen (secondary N) is 1. The molecule has 0 saturated carbocycles. The van der Waals surface area contributed by atoms with Crippen LogP contribution in [0.3, 0.4) is 0 Å². The Hall–Kier alpha value is -3.15. The summed E-state index contributed by atoms with van der Waals surface area (Å²) in [5, 5.41) is 21.4. The molecule has 1 saturated heterocycles. The van der Waals surface area contributed by atoms with Crippen LogP contribution >= 0.6 is 11.8 Å². The number of nitriles is 1. The third-order valence-corrected chi connectivity index (χ3v) is 6.58. The molecule has 164 valence electrons. The molecule has 4 rings (SSSR count). The summed E-state index contributed by atoms with van der Waals surface area (Å²) < 4.78 is 2.12. The molecule has 8 heteroatoms. The van der Waals surface area contributed by atoms with E-state index in [2.05, 4.69) is 43.2 Å². The predicted octanol–water partition coefficient (Wildman–Crippen LogP) is 3.91. The first-order chi connectivity index (χ1) is 15.6. The van der Waals surface area contributed by atoms with Gasteiger partial charge in [0.15, 0.2) is 5.16 Å². The summed E-state index contributed by atoms with van der Waals surface area (Å²) in [6.45, 7) is 5.42. The van der Waals surface area contributed by atoms with Crippen molar-refractivity contribution >= 4 is 23.4 Å². The highest BCUT2D eigenvalue weighted by Crippen LogP contribution is 2.26. The maximum atomic E-state index is 12.8. The molecule has 0 bridgehead atoms. The second-order valence-electron chi connectivity index (χ2n) is 7.86. The number of para-hydroxylation sites is 1. The standard InChI is InChI=1S/C24H26N6OS/c1-18(23(31)26-21-12-6-5-11-20(21)15-25)32-24-28-27-22(17-29-13-7-8-14-29)30(24)16-19-9-3-2-4-10-19/h2-6,9-12,18H,7-8,13-14,16-17H2,1H3,(H,26,31). The molecule has 1 aliphatic rings. The summed E-state index contributed by atoms with van der Waals surface area (Å²) in [7, 11) is 0. The van der Waals surface area contributed by atoms with E-state index in [-0.39, 0.29) is 5.91 Å². The summed E-state index contributed by atoms with van der Waals surface area (Å²) >= 11 is 1.38. The van der Waals surface area contributed by atoms with E-state index in [9.17, 15) is 10.1 Å². The Balaban J connectivity index is 1.52. The molecule has 1 fully saturated rings. The van der Waals surface area contributed by atoms with Gasteiger partial charge in [-0.2, -0.15) is 5.26 Å². The molecule has 2 heterocycles. The Morgan fingerprint density at radius 2 is 1.81 bits per heavy atom. The Morgan fingerprint density at radius 3 is 2.56 bits per heavy atom. The Morgan fingerprint density at radius 1 is 1.09 bits per heavy atom. The van der Waals surface area contributed by atoms with Gasteiger partial charge in [0.25, 0.3) is 0 Å². The topological polar surface area (TPSA) is 86.8 Å². The molecule has 0 spiro atoms. The number of carbonyl (C=O) groups is 1. The van der Waals surface area contributed by atoms with E-state index >= 15 is 0 Å². The number of anilines is 1. The van der Waals surface area contributed by atoms with Crippen LogP contribution in [0.25, 0.3) is 0 Å².